The highest BCUT2D eigenvalue weighted by atomic mass is 16.5. The molecule has 2 N–H and O–H groups in total. The van der Waals surface area contributed by atoms with Crippen LogP contribution in [-0.4, -0.2) is 43.0 Å². The minimum absolute atomic E-state index is 0.194. The highest BCUT2D eigenvalue weighted by molar-refractivity contribution is 5.67. The van der Waals surface area contributed by atoms with E-state index in [0.717, 1.165) is 44.4 Å². The van der Waals surface area contributed by atoms with Crippen LogP contribution in [0.15, 0.2) is 30.3 Å². The standard InChI is InChI=1S/C15H22O4.C12H23N/c16-15(17)13-19-11-7-2-1-6-10-18-12-14-8-4-3-5-9-14;1-3-7-11(8-4-1)13-12-9-5-2-6-10-12/h3-5,8-9H,1-2,6-7,10-13H2,(H,16,17);11-13H,1-10H2. The maximum atomic E-state index is 10.2. The van der Waals surface area contributed by atoms with E-state index in [9.17, 15) is 4.79 Å². The second kappa shape index (κ2) is 18.0. The van der Waals surface area contributed by atoms with Gasteiger partial charge in [0.2, 0.25) is 0 Å². The highest BCUT2D eigenvalue weighted by Gasteiger charge is 2.19. The molecule has 0 aromatic heterocycles. The van der Waals surface area contributed by atoms with Crippen LogP contribution in [0.25, 0.3) is 0 Å². The van der Waals surface area contributed by atoms with Gasteiger partial charge in [0.1, 0.15) is 6.61 Å². The van der Waals surface area contributed by atoms with Crippen LogP contribution < -0.4 is 5.32 Å². The molecule has 32 heavy (non-hydrogen) atoms. The molecule has 182 valence electrons. The van der Waals surface area contributed by atoms with Gasteiger partial charge in [-0.05, 0) is 44.1 Å². The second-order valence-corrected chi connectivity index (χ2v) is 9.24. The second-order valence-electron chi connectivity index (χ2n) is 9.24. The van der Waals surface area contributed by atoms with E-state index in [1.165, 1.54) is 69.8 Å². The lowest BCUT2D eigenvalue weighted by molar-refractivity contribution is -0.142. The highest BCUT2D eigenvalue weighted by Crippen LogP contribution is 2.22. The fourth-order valence-electron chi connectivity index (χ4n) is 4.56. The van der Waals surface area contributed by atoms with Crippen molar-refractivity contribution in [3.05, 3.63) is 35.9 Å². The quantitative estimate of drug-likeness (QED) is 0.357. The number of hydrogen-bond donors (Lipinski definition) is 2. The van der Waals surface area contributed by atoms with E-state index in [-0.39, 0.29) is 6.61 Å². The molecule has 0 amide bonds. The Morgan fingerprint density at radius 3 is 1.84 bits per heavy atom. The van der Waals surface area contributed by atoms with Crippen molar-refractivity contribution >= 4 is 5.97 Å². The Morgan fingerprint density at radius 2 is 1.31 bits per heavy atom. The predicted molar refractivity (Wildman–Crippen MR) is 130 cm³/mol. The molecular formula is C27H45NO4. The molecular weight excluding hydrogens is 402 g/mol. The summed E-state index contributed by atoms with van der Waals surface area (Å²) >= 11 is 0. The lowest BCUT2D eigenvalue weighted by Gasteiger charge is -2.30. The fraction of sp³-hybridized carbons (Fsp3) is 0.741. The maximum Gasteiger partial charge on any atom is 0.329 e. The molecule has 5 nitrogen and oxygen atoms in total. The summed E-state index contributed by atoms with van der Waals surface area (Å²) in [6, 6.07) is 11.9. The minimum Gasteiger partial charge on any atom is -0.480 e. The zero-order valence-electron chi connectivity index (χ0n) is 19.9. The molecule has 2 saturated carbocycles. The molecule has 2 aliphatic carbocycles. The Kier molecular flexibility index (Phi) is 15.1. The summed E-state index contributed by atoms with van der Waals surface area (Å²) in [6.07, 6.45) is 18.6. The van der Waals surface area contributed by atoms with Gasteiger partial charge in [-0.3, -0.25) is 0 Å². The van der Waals surface area contributed by atoms with Crippen LogP contribution in [0.2, 0.25) is 0 Å². The van der Waals surface area contributed by atoms with Crippen LogP contribution in [0.1, 0.15) is 95.5 Å². The largest absolute Gasteiger partial charge is 0.480 e. The van der Waals surface area contributed by atoms with Gasteiger partial charge in [-0.15, -0.1) is 0 Å². The molecule has 0 bridgehead atoms. The molecule has 0 heterocycles. The SMILES string of the molecule is C1CCC(NC2CCCCC2)CC1.O=C(O)COCCCCCCOCc1ccccc1. The first kappa shape index (κ1) is 26.8. The van der Waals surface area contributed by atoms with Crippen molar-refractivity contribution in [2.24, 2.45) is 0 Å². The number of carbonyl (C=O) groups is 1. The third-order valence-corrected chi connectivity index (χ3v) is 6.35. The summed E-state index contributed by atoms with van der Waals surface area (Å²) < 4.78 is 10.5. The van der Waals surface area contributed by atoms with Crippen molar-refractivity contribution in [2.75, 3.05) is 19.8 Å². The van der Waals surface area contributed by atoms with Crippen LogP contribution in [0.3, 0.4) is 0 Å². The van der Waals surface area contributed by atoms with Crippen molar-refractivity contribution in [1.82, 2.24) is 5.32 Å². The van der Waals surface area contributed by atoms with Gasteiger partial charge >= 0.3 is 5.97 Å². The van der Waals surface area contributed by atoms with Crippen LogP contribution in [0.5, 0.6) is 0 Å². The maximum absolute atomic E-state index is 10.2. The fourth-order valence-corrected chi connectivity index (χ4v) is 4.56. The van der Waals surface area contributed by atoms with E-state index in [4.69, 9.17) is 14.6 Å². The Balaban J connectivity index is 0.000000242. The van der Waals surface area contributed by atoms with E-state index >= 15 is 0 Å². The van der Waals surface area contributed by atoms with E-state index in [1.807, 2.05) is 18.2 Å². The average Bonchev–Trinajstić information content (AvgIpc) is 2.82. The van der Waals surface area contributed by atoms with Gasteiger partial charge in [0.15, 0.2) is 0 Å². The molecule has 2 aliphatic rings. The molecule has 1 aromatic rings. The van der Waals surface area contributed by atoms with Crippen LogP contribution in [0, 0.1) is 0 Å². The molecule has 3 rings (SSSR count). The van der Waals surface area contributed by atoms with E-state index in [0.29, 0.717) is 13.2 Å². The number of ether oxygens (including phenoxy) is 2. The van der Waals surface area contributed by atoms with Crippen molar-refractivity contribution in [3.63, 3.8) is 0 Å². The van der Waals surface area contributed by atoms with Crippen LogP contribution >= 0.6 is 0 Å². The smallest absolute Gasteiger partial charge is 0.329 e. The summed E-state index contributed by atoms with van der Waals surface area (Å²) in [5, 5.41) is 12.2. The number of benzene rings is 1. The minimum atomic E-state index is -0.908. The molecule has 0 saturated heterocycles. The normalized spacial score (nSPS) is 17.5. The molecule has 2 fully saturated rings. The molecule has 0 atom stereocenters. The molecule has 1 aromatic carbocycles. The van der Waals surface area contributed by atoms with Gasteiger partial charge in [-0.1, -0.05) is 81.7 Å². The van der Waals surface area contributed by atoms with E-state index in [1.54, 1.807) is 0 Å². The monoisotopic (exact) mass is 447 g/mol. The number of nitrogens with one attached hydrogen (secondary N) is 1. The average molecular weight is 448 g/mol. The van der Waals surface area contributed by atoms with Crippen LogP contribution in [-0.2, 0) is 20.9 Å². The third kappa shape index (κ3) is 13.9. The van der Waals surface area contributed by atoms with Gasteiger partial charge < -0.3 is 19.9 Å². The Hall–Kier alpha value is -1.43. The van der Waals surface area contributed by atoms with Crippen molar-refractivity contribution < 1.29 is 19.4 Å². The molecule has 0 spiro atoms. The predicted octanol–water partition coefficient (Wildman–Crippen LogP) is 6.11. The number of hydrogen-bond acceptors (Lipinski definition) is 4. The first-order valence-electron chi connectivity index (χ1n) is 12.9. The van der Waals surface area contributed by atoms with E-state index < -0.39 is 5.97 Å². The van der Waals surface area contributed by atoms with Crippen molar-refractivity contribution in [1.29, 1.82) is 0 Å². The number of carboxylic acids is 1. The molecule has 0 unspecified atom stereocenters. The molecule has 0 radical (unpaired) electrons. The third-order valence-electron chi connectivity index (χ3n) is 6.35. The Labute approximate surface area is 195 Å². The Bertz CT molecular complexity index is 552. The summed E-state index contributed by atoms with van der Waals surface area (Å²) in [5.41, 5.74) is 1.20. The zero-order valence-corrected chi connectivity index (χ0v) is 19.9. The Morgan fingerprint density at radius 1 is 0.781 bits per heavy atom. The van der Waals surface area contributed by atoms with Gasteiger partial charge in [0, 0.05) is 25.3 Å². The van der Waals surface area contributed by atoms with Crippen molar-refractivity contribution in [3.8, 4) is 0 Å². The summed E-state index contributed by atoms with van der Waals surface area (Å²) in [7, 11) is 0. The van der Waals surface area contributed by atoms with Gasteiger partial charge in [-0.25, -0.2) is 4.79 Å². The topological polar surface area (TPSA) is 67.8 Å². The lowest BCUT2D eigenvalue weighted by Crippen LogP contribution is -2.40. The van der Waals surface area contributed by atoms with E-state index in [2.05, 4.69) is 17.4 Å². The number of rotatable bonds is 13. The van der Waals surface area contributed by atoms with Gasteiger partial charge in [0.05, 0.1) is 6.61 Å². The number of unbranched alkanes of at least 4 members (excludes halogenated alkanes) is 3. The van der Waals surface area contributed by atoms with Crippen molar-refractivity contribution in [2.45, 2.75) is 109 Å². The number of carboxylic acid groups (broad SMARTS) is 1. The number of aliphatic carboxylic acids is 1. The molecule has 5 heteroatoms. The van der Waals surface area contributed by atoms with Crippen LogP contribution in [0.4, 0.5) is 0 Å². The summed E-state index contributed by atoms with van der Waals surface area (Å²) in [5.74, 6) is -0.908. The lowest BCUT2D eigenvalue weighted by atomic mass is 9.91. The zero-order chi connectivity index (χ0) is 22.7. The summed E-state index contributed by atoms with van der Waals surface area (Å²) in [4.78, 5) is 10.2. The summed E-state index contributed by atoms with van der Waals surface area (Å²) in [6.45, 7) is 1.77. The first-order valence-corrected chi connectivity index (χ1v) is 12.9. The van der Waals surface area contributed by atoms with Gasteiger partial charge in [-0.2, -0.15) is 0 Å². The molecule has 0 aliphatic heterocycles. The first-order chi connectivity index (χ1) is 15.7. The van der Waals surface area contributed by atoms with Gasteiger partial charge in [0.25, 0.3) is 0 Å².